The highest BCUT2D eigenvalue weighted by molar-refractivity contribution is 5.96. The number of ether oxygens (including phenoxy) is 2. The fraction of sp³-hybridized carbons (Fsp3) is 0.467. The minimum atomic E-state index is -0.204. The highest BCUT2D eigenvalue weighted by Crippen LogP contribution is 2.12. The van der Waals surface area contributed by atoms with Gasteiger partial charge in [0.15, 0.2) is 0 Å². The van der Waals surface area contributed by atoms with E-state index in [0.717, 1.165) is 6.42 Å². The van der Waals surface area contributed by atoms with Crippen molar-refractivity contribution in [1.82, 2.24) is 10.2 Å². The molecule has 2 amide bonds. The summed E-state index contributed by atoms with van der Waals surface area (Å²) in [5, 5.41) is 2.74. The minimum Gasteiger partial charge on any atom is -0.497 e. The van der Waals surface area contributed by atoms with Crippen molar-refractivity contribution in [1.29, 1.82) is 0 Å². The van der Waals surface area contributed by atoms with Crippen LogP contribution in [0.25, 0.3) is 0 Å². The lowest BCUT2D eigenvalue weighted by Crippen LogP contribution is -2.38. The van der Waals surface area contributed by atoms with Crippen LogP contribution in [0.2, 0.25) is 0 Å². The van der Waals surface area contributed by atoms with Crippen LogP contribution in [0.3, 0.4) is 0 Å². The lowest BCUT2D eigenvalue weighted by molar-refractivity contribution is -0.121. The van der Waals surface area contributed by atoms with Gasteiger partial charge in [0.05, 0.1) is 13.7 Å². The normalized spacial score (nSPS) is 10.0. The van der Waals surface area contributed by atoms with E-state index < -0.39 is 0 Å². The van der Waals surface area contributed by atoms with E-state index >= 15 is 0 Å². The van der Waals surface area contributed by atoms with E-state index in [-0.39, 0.29) is 18.4 Å². The average Bonchev–Trinajstić information content (AvgIpc) is 2.51. The van der Waals surface area contributed by atoms with Gasteiger partial charge in [0.25, 0.3) is 5.91 Å². The van der Waals surface area contributed by atoms with Crippen molar-refractivity contribution in [2.75, 3.05) is 41.0 Å². The van der Waals surface area contributed by atoms with E-state index in [4.69, 9.17) is 9.47 Å². The van der Waals surface area contributed by atoms with Gasteiger partial charge in [-0.05, 0) is 30.7 Å². The monoisotopic (exact) mass is 294 g/mol. The van der Waals surface area contributed by atoms with Gasteiger partial charge in [-0.15, -0.1) is 0 Å². The van der Waals surface area contributed by atoms with Gasteiger partial charge >= 0.3 is 0 Å². The zero-order valence-electron chi connectivity index (χ0n) is 12.7. The smallest absolute Gasteiger partial charge is 0.254 e. The summed E-state index contributed by atoms with van der Waals surface area (Å²) in [5.74, 6) is 0.297. The molecular formula is C15H22N2O4. The largest absolute Gasteiger partial charge is 0.497 e. The van der Waals surface area contributed by atoms with Gasteiger partial charge in [0, 0.05) is 32.9 Å². The van der Waals surface area contributed by atoms with E-state index in [1.807, 2.05) is 0 Å². The number of likely N-dealkylation sites (N-methyl/N-ethyl adjacent to an activating group) is 1. The first-order valence-corrected chi connectivity index (χ1v) is 6.73. The summed E-state index contributed by atoms with van der Waals surface area (Å²) in [5.41, 5.74) is 0.519. The molecule has 1 aromatic carbocycles. The topological polar surface area (TPSA) is 67.9 Å². The molecular weight excluding hydrogens is 272 g/mol. The molecule has 0 heterocycles. The van der Waals surface area contributed by atoms with Gasteiger partial charge in [0.2, 0.25) is 5.91 Å². The first-order valence-electron chi connectivity index (χ1n) is 6.73. The van der Waals surface area contributed by atoms with Crippen molar-refractivity contribution >= 4 is 11.8 Å². The minimum absolute atomic E-state index is 0.0256. The van der Waals surface area contributed by atoms with Crippen molar-refractivity contribution in [3.8, 4) is 5.75 Å². The van der Waals surface area contributed by atoms with Crippen molar-refractivity contribution in [3.63, 3.8) is 0 Å². The summed E-state index contributed by atoms with van der Waals surface area (Å²) in [4.78, 5) is 25.2. The molecule has 0 unspecified atom stereocenters. The molecule has 0 saturated carbocycles. The third-order valence-electron chi connectivity index (χ3n) is 2.91. The molecule has 0 aliphatic rings. The Kier molecular flexibility index (Phi) is 7.25. The van der Waals surface area contributed by atoms with Crippen LogP contribution < -0.4 is 10.1 Å². The summed E-state index contributed by atoms with van der Waals surface area (Å²) >= 11 is 0. The lowest BCUT2D eigenvalue weighted by atomic mass is 10.2. The first kappa shape index (κ1) is 17.0. The third-order valence-corrected chi connectivity index (χ3v) is 2.91. The molecule has 0 saturated heterocycles. The molecule has 21 heavy (non-hydrogen) atoms. The molecule has 116 valence electrons. The molecule has 0 aliphatic heterocycles. The zero-order chi connectivity index (χ0) is 15.7. The quantitative estimate of drug-likeness (QED) is 0.724. The van der Waals surface area contributed by atoms with E-state index in [9.17, 15) is 9.59 Å². The second-order valence-electron chi connectivity index (χ2n) is 4.59. The van der Waals surface area contributed by atoms with Crippen molar-refractivity contribution in [2.45, 2.75) is 6.42 Å². The Bertz CT molecular complexity index is 459. The Labute approximate surface area is 125 Å². The van der Waals surface area contributed by atoms with Crippen molar-refractivity contribution in [2.24, 2.45) is 0 Å². The standard InChI is InChI=1S/C15H22N2O4/c1-17(11-14(18)16-9-4-10-20-2)15(19)12-5-7-13(21-3)8-6-12/h5-8H,4,9-11H2,1-3H3,(H,16,18). The summed E-state index contributed by atoms with van der Waals surface area (Å²) in [7, 11) is 4.78. The highest BCUT2D eigenvalue weighted by Gasteiger charge is 2.14. The third kappa shape index (κ3) is 5.83. The van der Waals surface area contributed by atoms with E-state index in [1.165, 1.54) is 4.90 Å². The number of hydrogen-bond acceptors (Lipinski definition) is 4. The van der Waals surface area contributed by atoms with E-state index in [1.54, 1.807) is 45.5 Å². The zero-order valence-corrected chi connectivity index (χ0v) is 12.7. The number of amides is 2. The van der Waals surface area contributed by atoms with Crippen molar-refractivity contribution in [3.05, 3.63) is 29.8 Å². The van der Waals surface area contributed by atoms with Crippen LogP contribution in [0, 0.1) is 0 Å². The molecule has 0 aliphatic carbocycles. The van der Waals surface area contributed by atoms with Gasteiger partial charge in [-0.2, -0.15) is 0 Å². The fourth-order valence-corrected chi connectivity index (χ4v) is 1.74. The molecule has 6 heteroatoms. The maximum absolute atomic E-state index is 12.1. The number of nitrogens with zero attached hydrogens (tertiary/aromatic N) is 1. The second-order valence-corrected chi connectivity index (χ2v) is 4.59. The van der Waals surface area contributed by atoms with E-state index in [2.05, 4.69) is 5.32 Å². The van der Waals surface area contributed by atoms with Gasteiger partial charge in [-0.1, -0.05) is 0 Å². The maximum atomic E-state index is 12.1. The molecule has 6 nitrogen and oxygen atoms in total. The molecule has 0 radical (unpaired) electrons. The van der Waals surface area contributed by atoms with Gasteiger partial charge in [0.1, 0.15) is 5.75 Å². The van der Waals surface area contributed by atoms with Crippen LogP contribution in [0.4, 0.5) is 0 Å². The fourth-order valence-electron chi connectivity index (χ4n) is 1.74. The van der Waals surface area contributed by atoms with Gasteiger partial charge in [-0.3, -0.25) is 9.59 Å². The molecule has 1 N–H and O–H groups in total. The van der Waals surface area contributed by atoms with Crippen LogP contribution >= 0.6 is 0 Å². The van der Waals surface area contributed by atoms with Gasteiger partial charge < -0.3 is 19.7 Å². The Morgan fingerprint density at radius 3 is 2.43 bits per heavy atom. The Balaban J connectivity index is 2.44. The molecule has 0 atom stereocenters. The highest BCUT2D eigenvalue weighted by atomic mass is 16.5. The molecule has 1 aromatic rings. The van der Waals surface area contributed by atoms with Gasteiger partial charge in [-0.25, -0.2) is 0 Å². The summed E-state index contributed by atoms with van der Waals surface area (Å²) in [6.45, 7) is 1.16. The number of hydrogen-bond donors (Lipinski definition) is 1. The molecule has 1 rings (SSSR count). The molecule has 0 fully saturated rings. The average molecular weight is 294 g/mol. The number of benzene rings is 1. The second kappa shape index (κ2) is 8.97. The summed E-state index contributed by atoms with van der Waals surface area (Å²) in [6.07, 6.45) is 0.748. The number of methoxy groups -OCH3 is 2. The first-order chi connectivity index (χ1) is 10.1. The van der Waals surface area contributed by atoms with Crippen LogP contribution in [-0.4, -0.2) is 57.7 Å². The van der Waals surface area contributed by atoms with Crippen LogP contribution in [-0.2, 0) is 9.53 Å². The molecule has 0 bridgehead atoms. The number of carbonyl (C=O) groups is 2. The summed E-state index contributed by atoms with van der Waals surface area (Å²) in [6, 6.07) is 6.78. The molecule has 0 aromatic heterocycles. The van der Waals surface area contributed by atoms with Crippen molar-refractivity contribution < 1.29 is 19.1 Å². The number of rotatable bonds is 8. The van der Waals surface area contributed by atoms with E-state index in [0.29, 0.717) is 24.5 Å². The Morgan fingerprint density at radius 1 is 1.19 bits per heavy atom. The Hall–Kier alpha value is -2.08. The Morgan fingerprint density at radius 2 is 1.86 bits per heavy atom. The van der Waals surface area contributed by atoms with Crippen LogP contribution in [0.15, 0.2) is 24.3 Å². The predicted molar refractivity (Wildman–Crippen MR) is 79.5 cm³/mol. The number of carbonyl (C=O) groups excluding carboxylic acids is 2. The van der Waals surface area contributed by atoms with Crippen LogP contribution in [0.1, 0.15) is 16.8 Å². The number of nitrogens with one attached hydrogen (secondary N) is 1. The molecule has 0 spiro atoms. The predicted octanol–water partition coefficient (Wildman–Crippen LogP) is 0.920. The summed E-state index contributed by atoms with van der Waals surface area (Å²) < 4.78 is 9.93. The maximum Gasteiger partial charge on any atom is 0.254 e. The lowest BCUT2D eigenvalue weighted by Gasteiger charge is -2.17. The van der Waals surface area contributed by atoms with Crippen LogP contribution in [0.5, 0.6) is 5.75 Å². The SMILES string of the molecule is COCCCNC(=O)CN(C)C(=O)c1ccc(OC)cc1.